The van der Waals surface area contributed by atoms with Crippen LogP contribution in [0.2, 0.25) is 0 Å². The van der Waals surface area contributed by atoms with Crippen LogP contribution in [0.3, 0.4) is 0 Å². The number of hydrogen-bond acceptors (Lipinski definition) is 5. The lowest BCUT2D eigenvalue weighted by Crippen LogP contribution is -2.36. The highest BCUT2D eigenvalue weighted by Crippen LogP contribution is 2.23. The van der Waals surface area contributed by atoms with Gasteiger partial charge in [-0.15, -0.1) is 0 Å². The first-order chi connectivity index (χ1) is 12.6. The van der Waals surface area contributed by atoms with Crippen LogP contribution in [0.25, 0.3) is 0 Å². The van der Waals surface area contributed by atoms with Gasteiger partial charge in [-0.05, 0) is 44.5 Å². The van der Waals surface area contributed by atoms with Crippen molar-refractivity contribution in [2.75, 3.05) is 20.2 Å². The Morgan fingerprint density at radius 3 is 2.73 bits per heavy atom. The molecule has 0 saturated carbocycles. The molecule has 1 saturated heterocycles. The van der Waals surface area contributed by atoms with E-state index in [9.17, 15) is 9.18 Å². The molecule has 1 aromatic carbocycles. The van der Waals surface area contributed by atoms with Crippen LogP contribution in [0.4, 0.5) is 4.39 Å². The van der Waals surface area contributed by atoms with Crippen molar-refractivity contribution in [1.29, 1.82) is 0 Å². The Morgan fingerprint density at radius 2 is 2.04 bits per heavy atom. The van der Waals surface area contributed by atoms with Gasteiger partial charge in [-0.25, -0.2) is 9.37 Å². The lowest BCUT2D eigenvalue weighted by Gasteiger charge is -2.31. The average molecular weight is 357 g/mol. The second-order valence-corrected chi connectivity index (χ2v) is 6.75. The molecule has 2 heterocycles. The summed E-state index contributed by atoms with van der Waals surface area (Å²) < 4.78 is 19.1. The van der Waals surface area contributed by atoms with Gasteiger partial charge >= 0.3 is 0 Å². The van der Waals surface area contributed by atoms with E-state index in [2.05, 4.69) is 14.9 Å². The van der Waals surface area contributed by atoms with Gasteiger partial charge in [-0.3, -0.25) is 14.7 Å². The lowest BCUT2D eigenvalue weighted by molar-refractivity contribution is -0.123. The minimum absolute atomic E-state index is 0.00291. The molecule has 2 aromatic rings. The summed E-state index contributed by atoms with van der Waals surface area (Å²) in [6, 6.07) is 6.50. The molecule has 0 unspecified atom stereocenters. The number of carbonyl (C=O) groups is 1. The maximum absolute atomic E-state index is 13.7. The number of methoxy groups -OCH3 is 1. The molecule has 26 heavy (non-hydrogen) atoms. The van der Waals surface area contributed by atoms with E-state index in [1.807, 2.05) is 6.92 Å². The number of likely N-dealkylation sites (tertiary alicyclic amines) is 1. The largest absolute Gasteiger partial charge is 0.480 e. The molecule has 138 valence electrons. The van der Waals surface area contributed by atoms with Crippen molar-refractivity contribution < 1.29 is 13.9 Å². The summed E-state index contributed by atoms with van der Waals surface area (Å²) in [6.07, 6.45) is 3.49. The van der Waals surface area contributed by atoms with Crippen LogP contribution in [0, 0.1) is 18.7 Å². The summed E-state index contributed by atoms with van der Waals surface area (Å²) in [5, 5.41) is 0. The highest BCUT2D eigenvalue weighted by Gasteiger charge is 2.26. The Morgan fingerprint density at radius 1 is 1.31 bits per heavy atom. The molecule has 0 N–H and O–H groups in total. The molecule has 0 atom stereocenters. The standard InChI is InChI=1S/C20H24FN3O2/c1-14-12-22-18(20(23-14)26-2)13-24-9-7-15(8-10-24)19(25)11-16-5-3-4-6-17(16)21/h3-6,12,15H,7-11,13H2,1-2H3. The third kappa shape index (κ3) is 4.43. The van der Waals surface area contributed by atoms with Gasteiger partial charge in [-0.1, -0.05) is 18.2 Å². The number of benzene rings is 1. The zero-order chi connectivity index (χ0) is 18.5. The van der Waals surface area contributed by atoms with Gasteiger partial charge in [0.25, 0.3) is 0 Å². The van der Waals surface area contributed by atoms with Gasteiger partial charge in [0.15, 0.2) is 0 Å². The van der Waals surface area contributed by atoms with Crippen LogP contribution >= 0.6 is 0 Å². The summed E-state index contributed by atoms with van der Waals surface area (Å²) in [5.74, 6) is 0.380. The number of ketones is 1. The van der Waals surface area contributed by atoms with E-state index in [1.54, 1.807) is 31.5 Å². The van der Waals surface area contributed by atoms with Crippen molar-refractivity contribution in [3.63, 3.8) is 0 Å². The molecule has 0 bridgehead atoms. The zero-order valence-electron chi connectivity index (χ0n) is 15.2. The third-order valence-corrected chi connectivity index (χ3v) is 4.86. The molecule has 1 aliphatic heterocycles. The topological polar surface area (TPSA) is 55.3 Å². The molecule has 0 aliphatic carbocycles. The maximum Gasteiger partial charge on any atom is 0.236 e. The minimum Gasteiger partial charge on any atom is -0.480 e. The van der Waals surface area contributed by atoms with Gasteiger partial charge in [0.2, 0.25) is 5.88 Å². The average Bonchev–Trinajstić information content (AvgIpc) is 2.65. The first-order valence-corrected chi connectivity index (χ1v) is 8.92. The predicted octanol–water partition coefficient (Wildman–Crippen LogP) is 2.96. The van der Waals surface area contributed by atoms with Gasteiger partial charge < -0.3 is 4.74 Å². The van der Waals surface area contributed by atoms with Crippen LogP contribution in [-0.4, -0.2) is 40.9 Å². The monoisotopic (exact) mass is 357 g/mol. The number of piperidine rings is 1. The molecule has 0 radical (unpaired) electrons. The number of halogens is 1. The van der Waals surface area contributed by atoms with Crippen LogP contribution in [0.5, 0.6) is 5.88 Å². The Kier molecular flexibility index (Phi) is 5.93. The molecule has 0 spiro atoms. The fraction of sp³-hybridized carbons (Fsp3) is 0.450. The number of nitrogens with zero attached hydrogens (tertiary/aromatic N) is 3. The smallest absolute Gasteiger partial charge is 0.236 e. The molecule has 0 amide bonds. The Labute approximate surface area is 153 Å². The van der Waals surface area contributed by atoms with Gasteiger partial charge in [0.05, 0.1) is 12.8 Å². The number of aromatic nitrogens is 2. The van der Waals surface area contributed by atoms with Crippen molar-refractivity contribution in [3.05, 3.63) is 53.2 Å². The number of hydrogen-bond donors (Lipinski definition) is 0. The van der Waals surface area contributed by atoms with E-state index in [-0.39, 0.29) is 23.9 Å². The normalized spacial score (nSPS) is 15.8. The molecular formula is C20H24FN3O2. The van der Waals surface area contributed by atoms with Gasteiger partial charge in [0.1, 0.15) is 17.3 Å². The molecule has 6 heteroatoms. The second-order valence-electron chi connectivity index (χ2n) is 6.75. The van der Waals surface area contributed by atoms with Crippen LogP contribution in [0.1, 0.15) is 29.8 Å². The van der Waals surface area contributed by atoms with E-state index >= 15 is 0 Å². The van der Waals surface area contributed by atoms with Crippen molar-refractivity contribution >= 4 is 5.78 Å². The van der Waals surface area contributed by atoms with Crippen LogP contribution in [-0.2, 0) is 17.8 Å². The summed E-state index contributed by atoms with van der Waals surface area (Å²) in [7, 11) is 1.60. The Hall–Kier alpha value is -2.34. The van der Waals surface area contributed by atoms with Gasteiger partial charge in [0, 0.05) is 25.1 Å². The molecule has 1 aliphatic rings. The third-order valence-electron chi connectivity index (χ3n) is 4.86. The second kappa shape index (κ2) is 8.36. The first kappa shape index (κ1) is 18.5. The molecule has 1 fully saturated rings. The summed E-state index contributed by atoms with van der Waals surface area (Å²) in [4.78, 5) is 23.5. The number of carbonyl (C=O) groups excluding carboxylic acids is 1. The van der Waals surface area contributed by atoms with E-state index in [1.165, 1.54) is 6.07 Å². The molecular weight excluding hydrogens is 333 g/mol. The molecule has 5 nitrogen and oxygen atoms in total. The summed E-state index contributed by atoms with van der Waals surface area (Å²) in [5.41, 5.74) is 2.12. The predicted molar refractivity (Wildman–Crippen MR) is 96.4 cm³/mol. The van der Waals surface area contributed by atoms with Crippen molar-refractivity contribution in [2.45, 2.75) is 32.7 Å². The Balaban J connectivity index is 1.54. The van der Waals surface area contributed by atoms with E-state index in [0.717, 1.165) is 37.3 Å². The summed E-state index contributed by atoms with van der Waals surface area (Å²) >= 11 is 0. The Bertz CT molecular complexity index is 773. The maximum atomic E-state index is 13.7. The number of rotatable bonds is 6. The zero-order valence-corrected chi connectivity index (χ0v) is 15.2. The number of Topliss-reactive ketones (excluding diaryl/α,β-unsaturated/α-hetero) is 1. The van der Waals surface area contributed by atoms with E-state index in [0.29, 0.717) is 18.0 Å². The first-order valence-electron chi connectivity index (χ1n) is 8.92. The quantitative estimate of drug-likeness (QED) is 0.796. The van der Waals surface area contributed by atoms with Gasteiger partial charge in [-0.2, -0.15) is 0 Å². The fourth-order valence-electron chi connectivity index (χ4n) is 3.35. The van der Waals surface area contributed by atoms with Crippen LogP contribution < -0.4 is 4.74 Å². The number of ether oxygens (including phenoxy) is 1. The SMILES string of the molecule is COc1nc(C)cnc1CN1CCC(C(=O)Cc2ccccc2F)CC1. The lowest BCUT2D eigenvalue weighted by atomic mass is 9.89. The highest BCUT2D eigenvalue weighted by atomic mass is 19.1. The van der Waals surface area contributed by atoms with Crippen molar-refractivity contribution in [2.24, 2.45) is 5.92 Å². The minimum atomic E-state index is -0.302. The highest BCUT2D eigenvalue weighted by molar-refractivity contribution is 5.83. The van der Waals surface area contributed by atoms with Crippen LogP contribution in [0.15, 0.2) is 30.5 Å². The summed E-state index contributed by atoms with van der Waals surface area (Å²) in [6.45, 7) is 4.16. The molecule has 3 rings (SSSR count). The fourth-order valence-corrected chi connectivity index (χ4v) is 3.35. The van der Waals surface area contributed by atoms with Crippen molar-refractivity contribution in [3.8, 4) is 5.88 Å². The van der Waals surface area contributed by atoms with Crippen molar-refractivity contribution in [1.82, 2.24) is 14.9 Å². The number of aryl methyl sites for hydroxylation is 1. The van der Waals surface area contributed by atoms with E-state index in [4.69, 9.17) is 4.74 Å². The molecule has 1 aromatic heterocycles. The van der Waals surface area contributed by atoms with E-state index < -0.39 is 0 Å².